The molecule has 0 saturated heterocycles. The molecule has 0 unspecified atom stereocenters. The Morgan fingerprint density at radius 2 is 2.22 bits per heavy atom. The first-order chi connectivity index (χ1) is 8.41. The summed E-state index contributed by atoms with van der Waals surface area (Å²) in [5.74, 6) is 0.279. The molecule has 18 heavy (non-hydrogen) atoms. The molecule has 1 aromatic carbocycles. The second-order valence-electron chi connectivity index (χ2n) is 4.39. The van der Waals surface area contributed by atoms with Crippen LogP contribution in [0.1, 0.15) is 20.8 Å². The Kier molecular flexibility index (Phi) is 4.71. The van der Waals surface area contributed by atoms with E-state index in [0.717, 1.165) is 5.57 Å². The van der Waals surface area contributed by atoms with E-state index in [1.807, 2.05) is 20.8 Å². The minimum atomic E-state index is -0.432. The van der Waals surface area contributed by atoms with Gasteiger partial charge in [-0.1, -0.05) is 18.2 Å². The van der Waals surface area contributed by atoms with Crippen LogP contribution in [-0.4, -0.2) is 17.6 Å². The second kappa shape index (κ2) is 6.05. The number of nitro benzene ring substituents is 1. The van der Waals surface area contributed by atoms with Crippen molar-refractivity contribution in [3.8, 4) is 5.75 Å². The quantitative estimate of drug-likeness (QED) is 0.477. The minimum absolute atomic E-state index is 0.0348. The van der Waals surface area contributed by atoms with Crippen LogP contribution in [0.25, 0.3) is 0 Å². The van der Waals surface area contributed by atoms with E-state index in [0.29, 0.717) is 12.2 Å². The normalized spacial score (nSPS) is 10.2. The molecule has 0 spiro atoms. The van der Waals surface area contributed by atoms with Crippen LogP contribution >= 0.6 is 0 Å². The molecule has 0 fully saturated rings. The molecule has 0 radical (unpaired) electrons. The molecule has 0 aliphatic rings. The molecule has 98 valence electrons. The fraction of sp³-hybridized carbons (Fsp3) is 0.385. The van der Waals surface area contributed by atoms with Crippen molar-refractivity contribution in [1.82, 2.24) is 0 Å². The first kappa shape index (κ1) is 14.0. The number of nitrogens with one attached hydrogen (secondary N) is 1. The van der Waals surface area contributed by atoms with Crippen molar-refractivity contribution in [3.63, 3.8) is 0 Å². The number of hydrogen-bond acceptors (Lipinski definition) is 4. The second-order valence-corrected chi connectivity index (χ2v) is 4.39. The molecule has 5 heteroatoms. The Hall–Kier alpha value is -2.04. The van der Waals surface area contributed by atoms with Gasteiger partial charge in [0.05, 0.1) is 11.0 Å². The molecular formula is C13H18N2O3. The number of benzene rings is 1. The highest BCUT2D eigenvalue weighted by molar-refractivity contribution is 5.68. The van der Waals surface area contributed by atoms with E-state index in [4.69, 9.17) is 4.74 Å². The molecule has 0 amide bonds. The fourth-order valence-corrected chi connectivity index (χ4v) is 1.45. The van der Waals surface area contributed by atoms with E-state index in [2.05, 4.69) is 11.9 Å². The van der Waals surface area contributed by atoms with Crippen LogP contribution < -0.4 is 10.1 Å². The molecule has 1 rings (SSSR count). The van der Waals surface area contributed by atoms with Gasteiger partial charge in [-0.3, -0.25) is 10.1 Å². The minimum Gasteiger partial charge on any atom is -0.484 e. The number of ether oxygens (including phenoxy) is 1. The van der Waals surface area contributed by atoms with Crippen LogP contribution in [0.2, 0.25) is 0 Å². The summed E-state index contributed by atoms with van der Waals surface area (Å²) in [5, 5.41) is 14.1. The monoisotopic (exact) mass is 250 g/mol. The number of anilines is 1. The van der Waals surface area contributed by atoms with E-state index < -0.39 is 4.92 Å². The van der Waals surface area contributed by atoms with Crippen molar-refractivity contribution in [1.29, 1.82) is 0 Å². The third-order valence-corrected chi connectivity index (χ3v) is 2.12. The number of para-hydroxylation sites is 1. The van der Waals surface area contributed by atoms with Gasteiger partial charge in [0.2, 0.25) is 0 Å². The number of rotatable bonds is 6. The van der Waals surface area contributed by atoms with E-state index in [9.17, 15) is 10.1 Å². The predicted molar refractivity (Wildman–Crippen MR) is 72.2 cm³/mol. The van der Waals surface area contributed by atoms with Crippen LogP contribution in [0.4, 0.5) is 11.4 Å². The van der Waals surface area contributed by atoms with E-state index in [1.54, 1.807) is 18.2 Å². The zero-order valence-corrected chi connectivity index (χ0v) is 10.9. The molecule has 0 aliphatic heterocycles. The van der Waals surface area contributed by atoms with Gasteiger partial charge >= 0.3 is 5.69 Å². The van der Waals surface area contributed by atoms with Gasteiger partial charge in [-0.15, -0.1) is 0 Å². The molecule has 0 bridgehead atoms. The Bertz CT molecular complexity index is 456. The summed E-state index contributed by atoms with van der Waals surface area (Å²) >= 11 is 0. The van der Waals surface area contributed by atoms with E-state index in [-0.39, 0.29) is 17.5 Å². The highest BCUT2D eigenvalue weighted by Crippen LogP contribution is 2.35. The van der Waals surface area contributed by atoms with Gasteiger partial charge < -0.3 is 10.1 Å². The lowest BCUT2D eigenvalue weighted by Gasteiger charge is -2.13. The summed E-state index contributed by atoms with van der Waals surface area (Å²) in [6.45, 7) is 9.76. The highest BCUT2D eigenvalue weighted by atomic mass is 16.6. The lowest BCUT2D eigenvalue weighted by Crippen LogP contribution is -2.10. The lowest BCUT2D eigenvalue weighted by atomic mass is 10.2. The maximum Gasteiger partial charge on any atom is 0.333 e. The fourth-order valence-electron chi connectivity index (χ4n) is 1.45. The Morgan fingerprint density at radius 3 is 2.72 bits per heavy atom. The predicted octanol–water partition coefficient (Wildman–Crippen LogP) is 3.37. The lowest BCUT2D eigenvalue weighted by molar-refractivity contribution is -0.385. The van der Waals surface area contributed by atoms with Crippen molar-refractivity contribution in [2.75, 3.05) is 11.9 Å². The van der Waals surface area contributed by atoms with Gasteiger partial charge in [-0.2, -0.15) is 0 Å². The molecule has 0 heterocycles. The van der Waals surface area contributed by atoms with Gasteiger partial charge in [0.25, 0.3) is 0 Å². The third-order valence-electron chi connectivity index (χ3n) is 2.12. The van der Waals surface area contributed by atoms with Crippen LogP contribution in [0.3, 0.4) is 0 Å². The zero-order valence-electron chi connectivity index (χ0n) is 10.9. The van der Waals surface area contributed by atoms with Gasteiger partial charge in [-0.05, 0) is 32.9 Å². The molecule has 1 N–H and O–H groups in total. The third kappa shape index (κ3) is 3.76. The van der Waals surface area contributed by atoms with Crippen molar-refractivity contribution < 1.29 is 9.66 Å². The standard InChI is InChI=1S/C13H18N2O3/c1-9(2)8-14-11-6-5-7-12(18-10(3)4)13(11)15(16)17/h5-7,10,14H,1,8H2,2-4H3. The molecule has 1 aromatic rings. The first-order valence-corrected chi connectivity index (χ1v) is 5.74. The summed E-state index contributed by atoms with van der Waals surface area (Å²) in [7, 11) is 0. The maximum atomic E-state index is 11.1. The van der Waals surface area contributed by atoms with Gasteiger partial charge in [0, 0.05) is 6.54 Å². The zero-order chi connectivity index (χ0) is 13.7. The Balaban J connectivity index is 3.09. The number of nitro groups is 1. The summed E-state index contributed by atoms with van der Waals surface area (Å²) in [6.07, 6.45) is -0.111. The summed E-state index contributed by atoms with van der Waals surface area (Å²) in [4.78, 5) is 10.7. The largest absolute Gasteiger partial charge is 0.484 e. The van der Waals surface area contributed by atoms with Crippen LogP contribution in [0.5, 0.6) is 5.75 Å². The smallest absolute Gasteiger partial charge is 0.333 e. The van der Waals surface area contributed by atoms with Crippen LogP contribution in [-0.2, 0) is 0 Å². The Morgan fingerprint density at radius 1 is 1.56 bits per heavy atom. The van der Waals surface area contributed by atoms with Crippen molar-refractivity contribution in [2.45, 2.75) is 26.9 Å². The molecule has 0 atom stereocenters. The van der Waals surface area contributed by atoms with Crippen molar-refractivity contribution in [2.24, 2.45) is 0 Å². The van der Waals surface area contributed by atoms with Gasteiger partial charge in [0.1, 0.15) is 5.69 Å². The summed E-state index contributed by atoms with van der Waals surface area (Å²) in [6, 6.07) is 4.99. The van der Waals surface area contributed by atoms with Crippen LogP contribution in [0.15, 0.2) is 30.4 Å². The van der Waals surface area contributed by atoms with Crippen molar-refractivity contribution in [3.05, 3.63) is 40.5 Å². The topological polar surface area (TPSA) is 64.4 Å². The SMILES string of the molecule is C=C(C)CNc1cccc(OC(C)C)c1[N+](=O)[O-]. The number of nitrogens with zero attached hydrogens (tertiary/aromatic N) is 1. The molecule has 0 saturated carbocycles. The summed E-state index contributed by atoms with van der Waals surface area (Å²) in [5.41, 5.74) is 1.31. The molecule has 0 aliphatic carbocycles. The van der Waals surface area contributed by atoms with Gasteiger partial charge in [0.15, 0.2) is 5.75 Å². The average molecular weight is 250 g/mol. The average Bonchev–Trinajstić information content (AvgIpc) is 2.25. The maximum absolute atomic E-state index is 11.1. The van der Waals surface area contributed by atoms with Gasteiger partial charge in [-0.25, -0.2) is 0 Å². The first-order valence-electron chi connectivity index (χ1n) is 5.74. The van der Waals surface area contributed by atoms with Crippen molar-refractivity contribution >= 4 is 11.4 Å². The molecular weight excluding hydrogens is 232 g/mol. The molecule has 5 nitrogen and oxygen atoms in total. The highest BCUT2D eigenvalue weighted by Gasteiger charge is 2.21. The number of hydrogen-bond donors (Lipinski definition) is 1. The molecule has 0 aromatic heterocycles. The Labute approximate surface area is 107 Å². The van der Waals surface area contributed by atoms with E-state index in [1.165, 1.54) is 0 Å². The van der Waals surface area contributed by atoms with Crippen LogP contribution in [0, 0.1) is 10.1 Å². The van der Waals surface area contributed by atoms with E-state index >= 15 is 0 Å². The summed E-state index contributed by atoms with van der Waals surface area (Å²) < 4.78 is 5.45.